The van der Waals surface area contributed by atoms with Crippen molar-refractivity contribution < 1.29 is 0 Å². The molecule has 0 atom stereocenters. The highest BCUT2D eigenvalue weighted by molar-refractivity contribution is 9.10. The van der Waals surface area contributed by atoms with Crippen LogP contribution in [0.25, 0.3) is 0 Å². The molecule has 3 N–H and O–H groups in total. The maximum Gasteiger partial charge on any atom is 0.225 e. The maximum absolute atomic E-state index is 5.71. The first-order valence-electron chi connectivity index (χ1n) is 6.23. The Hall–Kier alpha value is -0.490. The van der Waals surface area contributed by atoms with Crippen molar-refractivity contribution in [3.05, 3.63) is 10.7 Å². The number of hydrogen-bond donors (Lipinski definition) is 2. The van der Waals surface area contributed by atoms with Crippen LogP contribution in [0.15, 0.2) is 10.7 Å². The lowest BCUT2D eigenvalue weighted by Gasteiger charge is -2.35. The minimum atomic E-state index is 0.332. The zero-order chi connectivity index (χ0) is 13.0. The first-order chi connectivity index (χ1) is 8.63. The molecule has 0 saturated heterocycles. The van der Waals surface area contributed by atoms with E-state index in [1.54, 1.807) is 6.07 Å². The molecule has 0 radical (unpaired) electrons. The fourth-order valence-electron chi connectivity index (χ4n) is 2.40. The van der Waals surface area contributed by atoms with Crippen LogP contribution in [0.1, 0.15) is 32.1 Å². The van der Waals surface area contributed by atoms with Crippen molar-refractivity contribution in [1.82, 2.24) is 9.97 Å². The Morgan fingerprint density at radius 2 is 2.11 bits per heavy atom. The molecule has 1 aromatic rings. The summed E-state index contributed by atoms with van der Waals surface area (Å²) >= 11 is 5.29. The number of nitrogens with one attached hydrogen (secondary N) is 1. The molecule has 0 aromatic carbocycles. The van der Waals surface area contributed by atoms with Crippen molar-refractivity contribution in [3.8, 4) is 0 Å². The predicted octanol–water partition coefficient (Wildman–Crippen LogP) is 3.30. The van der Waals surface area contributed by atoms with Crippen molar-refractivity contribution in [1.29, 1.82) is 0 Å². The largest absolute Gasteiger partial charge is 0.383 e. The monoisotopic (exact) mass is 330 g/mol. The van der Waals surface area contributed by atoms with Crippen LogP contribution in [0.5, 0.6) is 0 Å². The molecule has 0 aliphatic heterocycles. The summed E-state index contributed by atoms with van der Waals surface area (Å²) in [6.07, 6.45) is 8.75. The number of rotatable bonds is 4. The normalized spacial score (nSPS) is 18.6. The molecule has 1 aliphatic carbocycles. The van der Waals surface area contributed by atoms with E-state index in [4.69, 9.17) is 5.73 Å². The van der Waals surface area contributed by atoms with E-state index in [-0.39, 0.29) is 0 Å². The topological polar surface area (TPSA) is 63.8 Å². The van der Waals surface area contributed by atoms with Crippen LogP contribution in [0.3, 0.4) is 0 Å². The van der Waals surface area contributed by atoms with E-state index in [0.717, 1.165) is 11.1 Å². The molecule has 0 amide bonds. The molecule has 6 heteroatoms. The minimum absolute atomic E-state index is 0.332. The van der Waals surface area contributed by atoms with Gasteiger partial charge in [0.2, 0.25) is 5.95 Å². The number of halogens is 1. The van der Waals surface area contributed by atoms with Gasteiger partial charge in [-0.15, -0.1) is 0 Å². The van der Waals surface area contributed by atoms with Crippen molar-refractivity contribution in [3.63, 3.8) is 0 Å². The van der Waals surface area contributed by atoms with Gasteiger partial charge in [0.25, 0.3) is 0 Å². The third-order valence-corrected chi connectivity index (χ3v) is 5.31. The van der Waals surface area contributed by atoms with Gasteiger partial charge >= 0.3 is 0 Å². The summed E-state index contributed by atoms with van der Waals surface area (Å²) < 4.78 is 1.05. The summed E-state index contributed by atoms with van der Waals surface area (Å²) in [6.45, 7) is 0.907. The lowest BCUT2D eigenvalue weighted by atomic mass is 9.88. The average Bonchev–Trinajstić information content (AvgIpc) is 2.36. The van der Waals surface area contributed by atoms with Crippen molar-refractivity contribution in [2.75, 3.05) is 23.9 Å². The predicted molar refractivity (Wildman–Crippen MR) is 82.0 cm³/mol. The Balaban J connectivity index is 2.00. The summed E-state index contributed by atoms with van der Waals surface area (Å²) in [6, 6.07) is 1.70. The quantitative estimate of drug-likeness (QED) is 0.829. The molecule has 1 aromatic heterocycles. The van der Waals surface area contributed by atoms with Gasteiger partial charge in [0.15, 0.2) is 0 Å². The average molecular weight is 331 g/mol. The molecule has 1 fully saturated rings. The lowest BCUT2D eigenvalue weighted by Crippen LogP contribution is -2.36. The number of nitrogens with two attached hydrogens (primary N) is 1. The number of anilines is 2. The Kier molecular flexibility index (Phi) is 4.72. The van der Waals surface area contributed by atoms with Gasteiger partial charge in [0.1, 0.15) is 10.4 Å². The molecule has 1 saturated carbocycles. The van der Waals surface area contributed by atoms with E-state index in [9.17, 15) is 0 Å². The Morgan fingerprint density at radius 1 is 1.39 bits per heavy atom. The molecule has 4 nitrogen and oxygen atoms in total. The zero-order valence-electron chi connectivity index (χ0n) is 10.6. The highest BCUT2D eigenvalue weighted by Crippen LogP contribution is 2.38. The van der Waals surface area contributed by atoms with Crippen molar-refractivity contribution in [2.45, 2.75) is 36.9 Å². The highest BCUT2D eigenvalue weighted by atomic mass is 79.9. The van der Waals surface area contributed by atoms with E-state index >= 15 is 0 Å². The van der Waals surface area contributed by atoms with E-state index in [1.165, 1.54) is 32.1 Å². The van der Waals surface area contributed by atoms with E-state index in [0.29, 0.717) is 16.5 Å². The SMILES string of the molecule is CSC1(CNc2nc(N)cc(Br)n2)CCCCC1. The molecule has 0 bridgehead atoms. The molecule has 100 valence electrons. The van der Waals surface area contributed by atoms with Crippen LogP contribution in [0.2, 0.25) is 0 Å². The Morgan fingerprint density at radius 3 is 2.72 bits per heavy atom. The fourth-order valence-corrected chi connectivity index (χ4v) is 3.72. The fraction of sp³-hybridized carbons (Fsp3) is 0.667. The van der Waals surface area contributed by atoms with Crippen molar-refractivity contribution >= 4 is 39.5 Å². The number of nitrogens with zero attached hydrogens (tertiary/aromatic N) is 2. The Bertz CT molecular complexity index is 387. The van der Waals surface area contributed by atoms with Crippen LogP contribution in [-0.2, 0) is 0 Å². The van der Waals surface area contributed by atoms with Gasteiger partial charge in [0.05, 0.1) is 0 Å². The molecule has 1 aliphatic rings. The van der Waals surface area contributed by atoms with Crippen LogP contribution in [0.4, 0.5) is 11.8 Å². The third kappa shape index (κ3) is 3.51. The summed E-state index contributed by atoms with van der Waals surface area (Å²) in [5.74, 6) is 1.10. The summed E-state index contributed by atoms with van der Waals surface area (Å²) in [7, 11) is 0. The lowest BCUT2D eigenvalue weighted by molar-refractivity contribution is 0.411. The zero-order valence-corrected chi connectivity index (χ0v) is 13.0. The van der Waals surface area contributed by atoms with Gasteiger partial charge in [-0.2, -0.15) is 16.7 Å². The first-order valence-corrected chi connectivity index (χ1v) is 8.24. The molecular weight excluding hydrogens is 312 g/mol. The van der Waals surface area contributed by atoms with Gasteiger partial charge in [-0.05, 0) is 35.0 Å². The molecule has 0 unspecified atom stereocenters. The van der Waals surface area contributed by atoms with E-state index in [2.05, 4.69) is 37.5 Å². The van der Waals surface area contributed by atoms with Gasteiger partial charge in [-0.25, -0.2) is 4.98 Å². The van der Waals surface area contributed by atoms with Gasteiger partial charge in [-0.3, -0.25) is 0 Å². The molecule has 0 spiro atoms. The Labute approximate surface area is 121 Å². The standard InChI is InChI=1S/C12H19BrN4S/c1-18-12(5-3-2-4-6-12)8-15-11-16-9(13)7-10(14)17-11/h7H,2-6,8H2,1H3,(H3,14,15,16,17). The second kappa shape index (κ2) is 6.10. The smallest absolute Gasteiger partial charge is 0.225 e. The van der Waals surface area contributed by atoms with Crippen LogP contribution >= 0.6 is 27.7 Å². The molecule has 1 heterocycles. The first kappa shape index (κ1) is 13.9. The molecule has 2 rings (SSSR count). The number of aromatic nitrogens is 2. The van der Waals surface area contributed by atoms with Gasteiger partial charge < -0.3 is 11.1 Å². The van der Waals surface area contributed by atoms with Crippen LogP contribution in [-0.4, -0.2) is 27.5 Å². The van der Waals surface area contributed by atoms with Crippen LogP contribution < -0.4 is 11.1 Å². The van der Waals surface area contributed by atoms with E-state index < -0.39 is 0 Å². The summed E-state index contributed by atoms with van der Waals surface area (Å²) in [4.78, 5) is 8.49. The van der Waals surface area contributed by atoms with Crippen molar-refractivity contribution in [2.24, 2.45) is 0 Å². The van der Waals surface area contributed by atoms with Gasteiger partial charge in [-0.1, -0.05) is 19.3 Å². The number of thioether (sulfide) groups is 1. The second-order valence-corrected chi connectivity index (χ2v) is 6.83. The maximum atomic E-state index is 5.71. The van der Waals surface area contributed by atoms with E-state index in [1.807, 2.05) is 11.8 Å². The van der Waals surface area contributed by atoms with Gasteiger partial charge in [0, 0.05) is 17.4 Å². The highest BCUT2D eigenvalue weighted by Gasteiger charge is 2.31. The number of nitrogen functional groups attached to an aromatic ring is 1. The van der Waals surface area contributed by atoms with Crippen LogP contribution in [0, 0.1) is 0 Å². The summed E-state index contributed by atoms with van der Waals surface area (Å²) in [5.41, 5.74) is 5.71. The summed E-state index contributed by atoms with van der Waals surface area (Å²) in [5, 5.41) is 3.33. The molecule has 18 heavy (non-hydrogen) atoms. The third-order valence-electron chi connectivity index (χ3n) is 3.48. The molecular formula is C12H19BrN4S. The second-order valence-electron chi connectivity index (χ2n) is 4.74. The number of hydrogen-bond acceptors (Lipinski definition) is 5. The minimum Gasteiger partial charge on any atom is -0.383 e.